The van der Waals surface area contributed by atoms with Gasteiger partial charge in [0.05, 0.1) is 5.75 Å². The Bertz CT molecular complexity index is 1140. The first kappa shape index (κ1) is 19.6. The molecular formula is C23H18N4O2S. The van der Waals surface area contributed by atoms with Crippen molar-refractivity contribution in [3.63, 3.8) is 0 Å². The number of anilines is 2. The number of thioether (sulfide) groups is 1. The highest BCUT2D eigenvalue weighted by Crippen LogP contribution is 2.26. The molecule has 4 rings (SSSR count). The van der Waals surface area contributed by atoms with E-state index in [2.05, 4.69) is 15.2 Å². The molecular weight excluding hydrogens is 396 g/mol. The second-order valence-electron chi connectivity index (χ2n) is 6.36. The molecule has 0 aliphatic heterocycles. The number of rotatable bonds is 6. The van der Waals surface area contributed by atoms with E-state index >= 15 is 0 Å². The standard InChI is InChI=1S/C23H18N4O2S/c28-20(27(18-12-6-2-7-13-18)19-14-8-3-9-15-19)16-30-23-24-22(29)21(25-26-23)17-10-4-1-5-11-17/h1-15H,16H2,(H,24,26,29). The molecule has 0 saturated carbocycles. The zero-order valence-electron chi connectivity index (χ0n) is 15.9. The number of hydrogen-bond acceptors (Lipinski definition) is 5. The zero-order valence-corrected chi connectivity index (χ0v) is 16.8. The van der Waals surface area contributed by atoms with Crippen molar-refractivity contribution in [3.05, 3.63) is 101 Å². The molecule has 0 atom stereocenters. The summed E-state index contributed by atoms with van der Waals surface area (Å²) >= 11 is 1.14. The van der Waals surface area contributed by atoms with Crippen molar-refractivity contribution >= 4 is 29.0 Å². The zero-order chi connectivity index (χ0) is 20.8. The molecule has 1 N–H and O–H groups in total. The fourth-order valence-electron chi connectivity index (χ4n) is 2.96. The molecule has 0 unspecified atom stereocenters. The molecule has 0 fully saturated rings. The van der Waals surface area contributed by atoms with Gasteiger partial charge in [0.1, 0.15) is 0 Å². The molecule has 1 aromatic heterocycles. The quantitative estimate of drug-likeness (QED) is 0.476. The van der Waals surface area contributed by atoms with Gasteiger partial charge in [0.2, 0.25) is 5.91 Å². The summed E-state index contributed by atoms with van der Waals surface area (Å²) < 4.78 is 0. The van der Waals surface area contributed by atoms with Crippen LogP contribution < -0.4 is 10.5 Å². The lowest BCUT2D eigenvalue weighted by Gasteiger charge is -2.22. The average Bonchev–Trinajstić information content (AvgIpc) is 2.80. The molecule has 148 valence electrons. The lowest BCUT2D eigenvalue weighted by atomic mass is 10.2. The summed E-state index contributed by atoms with van der Waals surface area (Å²) in [6, 6.07) is 28.0. The number of hydrogen-bond donors (Lipinski definition) is 1. The lowest BCUT2D eigenvalue weighted by molar-refractivity contribution is -0.115. The van der Waals surface area contributed by atoms with Gasteiger partial charge in [0.15, 0.2) is 10.9 Å². The molecule has 4 aromatic rings. The average molecular weight is 414 g/mol. The number of H-pyrrole nitrogens is 1. The molecule has 0 aliphatic carbocycles. The van der Waals surface area contributed by atoms with Crippen molar-refractivity contribution < 1.29 is 4.79 Å². The Morgan fingerprint density at radius 1 is 0.800 bits per heavy atom. The molecule has 0 spiro atoms. The van der Waals surface area contributed by atoms with Crippen LogP contribution in [0, 0.1) is 0 Å². The predicted molar refractivity (Wildman–Crippen MR) is 119 cm³/mol. The van der Waals surface area contributed by atoms with Crippen LogP contribution in [-0.4, -0.2) is 26.8 Å². The van der Waals surface area contributed by atoms with E-state index in [4.69, 9.17) is 0 Å². The summed E-state index contributed by atoms with van der Waals surface area (Å²) in [5.74, 6) is -0.0359. The smallest absolute Gasteiger partial charge is 0.278 e. The van der Waals surface area contributed by atoms with Gasteiger partial charge in [-0.25, -0.2) is 0 Å². The Labute approximate surface area is 177 Å². The van der Waals surface area contributed by atoms with Gasteiger partial charge in [-0.05, 0) is 24.3 Å². The number of carbonyl (C=O) groups excluding carboxylic acids is 1. The highest BCUT2D eigenvalue weighted by atomic mass is 32.2. The molecule has 0 saturated heterocycles. The van der Waals surface area contributed by atoms with E-state index in [9.17, 15) is 9.59 Å². The van der Waals surface area contributed by atoms with Crippen molar-refractivity contribution in [2.45, 2.75) is 5.16 Å². The largest absolute Gasteiger partial charge is 0.298 e. The van der Waals surface area contributed by atoms with Crippen LogP contribution in [0.2, 0.25) is 0 Å². The number of amides is 1. The number of carbonyl (C=O) groups is 1. The highest BCUT2D eigenvalue weighted by molar-refractivity contribution is 7.99. The Kier molecular flexibility index (Phi) is 6.01. The second-order valence-corrected chi connectivity index (χ2v) is 7.33. The lowest BCUT2D eigenvalue weighted by Crippen LogP contribution is -2.27. The Morgan fingerprint density at radius 3 is 1.87 bits per heavy atom. The second kappa shape index (κ2) is 9.19. The SMILES string of the molecule is O=C(CSc1nnc(-c2ccccc2)c(=O)[nH]1)N(c1ccccc1)c1ccccc1. The topological polar surface area (TPSA) is 79.0 Å². The Morgan fingerprint density at radius 2 is 1.33 bits per heavy atom. The van der Waals surface area contributed by atoms with Gasteiger partial charge >= 0.3 is 0 Å². The molecule has 0 radical (unpaired) electrons. The first-order chi connectivity index (χ1) is 14.7. The Balaban J connectivity index is 1.53. The van der Waals surface area contributed by atoms with Crippen molar-refractivity contribution in [2.75, 3.05) is 10.7 Å². The van der Waals surface area contributed by atoms with E-state index in [1.165, 1.54) is 0 Å². The van der Waals surface area contributed by atoms with Crippen LogP contribution >= 0.6 is 11.8 Å². The maximum absolute atomic E-state index is 13.1. The van der Waals surface area contributed by atoms with Crippen LogP contribution in [0.1, 0.15) is 0 Å². The number of aromatic nitrogens is 3. The summed E-state index contributed by atoms with van der Waals surface area (Å²) in [6.45, 7) is 0. The summed E-state index contributed by atoms with van der Waals surface area (Å²) in [4.78, 5) is 29.8. The van der Waals surface area contributed by atoms with E-state index in [0.29, 0.717) is 10.7 Å². The first-order valence-electron chi connectivity index (χ1n) is 9.30. The van der Waals surface area contributed by atoms with Crippen LogP contribution in [-0.2, 0) is 4.79 Å². The third-order valence-electron chi connectivity index (χ3n) is 4.33. The molecule has 6 nitrogen and oxygen atoms in total. The number of nitrogens with one attached hydrogen (secondary N) is 1. The monoisotopic (exact) mass is 414 g/mol. The molecule has 0 bridgehead atoms. The van der Waals surface area contributed by atoms with E-state index in [-0.39, 0.29) is 22.9 Å². The normalized spacial score (nSPS) is 10.5. The van der Waals surface area contributed by atoms with Crippen LogP contribution in [0.15, 0.2) is 101 Å². The maximum atomic E-state index is 13.1. The van der Waals surface area contributed by atoms with E-state index < -0.39 is 0 Å². The fourth-order valence-corrected chi connectivity index (χ4v) is 3.61. The van der Waals surface area contributed by atoms with Gasteiger partial charge in [-0.3, -0.25) is 19.5 Å². The summed E-state index contributed by atoms with van der Waals surface area (Å²) in [5, 5.41) is 8.43. The molecule has 7 heteroatoms. The van der Waals surface area contributed by atoms with Crippen molar-refractivity contribution in [1.82, 2.24) is 15.2 Å². The highest BCUT2D eigenvalue weighted by Gasteiger charge is 2.18. The van der Waals surface area contributed by atoms with Gasteiger partial charge in [0, 0.05) is 16.9 Å². The van der Waals surface area contributed by atoms with E-state index in [0.717, 1.165) is 23.1 Å². The third kappa shape index (κ3) is 4.47. The number of para-hydroxylation sites is 2. The van der Waals surface area contributed by atoms with Crippen LogP contribution in [0.25, 0.3) is 11.3 Å². The number of benzene rings is 3. The Hall–Kier alpha value is -3.71. The van der Waals surface area contributed by atoms with Crippen LogP contribution in [0.5, 0.6) is 0 Å². The molecule has 0 aliphatic rings. The van der Waals surface area contributed by atoms with Gasteiger partial charge in [0.25, 0.3) is 5.56 Å². The van der Waals surface area contributed by atoms with Gasteiger partial charge in [-0.15, -0.1) is 10.2 Å². The summed E-state index contributed by atoms with van der Waals surface area (Å²) in [6.07, 6.45) is 0. The third-order valence-corrected chi connectivity index (χ3v) is 5.18. The van der Waals surface area contributed by atoms with E-state index in [1.54, 1.807) is 17.0 Å². The van der Waals surface area contributed by atoms with Crippen molar-refractivity contribution in [3.8, 4) is 11.3 Å². The van der Waals surface area contributed by atoms with Crippen molar-refractivity contribution in [2.24, 2.45) is 0 Å². The maximum Gasteiger partial charge on any atom is 0.278 e. The molecule has 1 heterocycles. The fraction of sp³-hybridized carbons (Fsp3) is 0.0435. The summed E-state index contributed by atoms with van der Waals surface area (Å²) in [5.41, 5.74) is 2.15. The minimum absolute atomic E-state index is 0.0963. The van der Waals surface area contributed by atoms with E-state index in [1.807, 2.05) is 78.9 Å². The molecule has 30 heavy (non-hydrogen) atoms. The molecule has 1 amide bonds. The minimum Gasteiger partial charge on any atom is -0.298 e. The van der Waals surface area contributed by atoms with Crippen LogP contribution in [0.4, 0.5) is 11.4 Å². The van der Waals surface area contributed by atoms with Crippen LogP contribution in [0.3, 0.4) is 0 Å². The molecule has 3 aromatic carbocycles. The summed E-state index contributed by atoms with van der Waals surface area (Å²) in [7, 11) is 0. The van der Waals surface area contributed by atoms with Gasteiger partial charge in [-0.2, -0.15) is 0 Å². The van der Waals surface area contributed by atoms with Gasteiger partial charge < -0.3 is 0 Å². The predicted octanol–water partition coefficient (Wildman–Crippen LogP) is 4.29. The first-order valence-corrected chi connectivity index (χ1v) is 10.3. The number of aromatic amines is 1. The minimum atomic E-state index is -0.339. The van der Waals surface area contributed by atoms with Gasteiger partial charge in [-0.1, -0.05) is 78.5 Å². The van der Waals surface area contributed by atoms with Crippen molar-refractivity contribution in [1.29, 1.82) is 0 Å². The number of nitrogens with zero attached hydrogens (tertiary/aromatic N) is 3.